The summed E-state index contributed by atoms with van der Waals surface area (Å²) in [6, 6.07) is 20.1. The number of aromatic nitrogens is 1. The van der Waals surface area contributed by atoms with Crippen molar-refractivity contribution in [2.75, 3.05) is 0 Å². The first kappa shape index (κ1) is 49.3. The van der Waals surface area contributed by atoms with E-state index in [0.29, 0.717) is 0 Å². The fourth-order valence-corrected chi connectivity index (χ4v) is 8.69. The molecule has 0 saturated heterocycles. The van der Waals surface area contributed by atoms with Gasteiger partial charge in [-0.05, 0) is 35.8 Å². The van der Waals surface area contributed by atoms with Gasteiger partial charge in [-0.2, -0.15) is 0 Å². The average molecular weight is 981 g/mol. The van der Waals surface area contributed by atoms with Crippen molar-refractivity contribution < 1.29 is 92.4 Å². The quantitative estimate of drug-likeness (QED) is 0.0493. The second-order valence-corrected chi connectivity index (χ2v) is 15.6. The molecule has 356 valence electrons. The molecule has 1 aliphatic carbocycles. The van der Waals surface area contributed by atoms with Crippen molar-refractivity contribution in [3.05, 3.63) is 194 Å². The van der Waals surface area contributed by atoms with Crippen LogP contribution >= 0.6 is 0 Å². The lowest BCUT2D eigenvalue weighted by molar-refractivity contribution is -0.687. The van der Waals surface area contributed by atoms with Crippen LogP contribution in [-0.4, -0.2) is 6.15 Å². The van der Waals surface area contributed by atoms with E-state index in [9.17, 15) is 52.7 Å². The van der Waals surface area contributed by atoms with Gasteiger partial charge in [0.15, 0.2) is 88.7 Å². The van der Waals surface area contributed by atoms with Gasteiger partial charge in [-0.3, -0.25) is 0 Å². The molecule has 1 fully saturated rings. The monoisotopic (exact) mass is 981 g/mol. The summed E-state index contributed by atoms with van der Waals surface area (Å²) in [5.41, 5.74) is -11.4. The molecular formula is C46H24BF20N. The number of fused-ring (bicyclic) bond motifs is 1. The molecule has 8 rings (SSSR count). The number of rotatable bonds is 7. The zero-order valence-electron chi connectivity index (χ0n) is 33.8. The Hall–Kier alpha value is -6.61. The highest BCUT2D eigenvalue weighted by Crippen LogP contribution is 2.33. The van der Waals surface area contributed by atoms with Crippen molar-refractivity contribution in [2.24, 2.45) is 0 Å². The standard InChI is InChI=1S/C24BF20.C22H24N/c26-5-1(6(27)14(35)21(42)13(5)34)25(2-7(28)15(36)22(43)16(37)8(2)29,3-9(30)17(38)23(44)18(39)10(3)31)4-11(32)19(40)24(45)20(41)12(4)33;1-2-6-19(7-3-1)21-12-10-18(11-13-21)16-23-15-14-20-8-4-5-9-22(20)17-23/h;4-5,8-15,17,19H,1-3,6-7,16H2/q-1;+1. The highest BCUT2D eigenvalue weighted by atomic mass is 19.2. The van der Waals surface area contributed by atoms with Gasteiger partial charge in [-0.25, -0.2) is 92.4 Å². The average Bonchev–Trinajstić information content (AvgIpc) is 3.34. The van der Waals surface area contributed by atoms with Gasteiger partial charge < -0.3 is 0 Å². The summed E-state index contributed by atoms with van der Waals surface area (Å²) in [6.07, 6.45) is 4.18. The lowest BCUT2D eigenvalue weighted by atomic mass is 9.12. The maximum atomic E-state index is 15.4. The molecule has 22 heteroatoms. The van der Waals surface area contributed by atoms with Crippen molar-refractivity contribution in [3.8, 4) is 0 Å². The number of hydrogen-bond acceptors (Lipinski definition) is 0. The number of pyridine rings is 1. The van der Waals surface area contributed by atoms with Crippen LogP contribution in [0.5, 0.6) is 0 Å². The molecule has 1 heterocycles. The van der Waals surface area contributed by atoms with Crippen LogP contribution in [0.4, 0.5) is 87.8 Å². The van der Waals surface area contributed by atoms with E-state index in [1.807, 2.05) is 0 Å². The van der Waals surface area contributed by atoms with Gasteiger partial charge in [0.1, 0.15) is 52.7 Å². The first-order valence-corrected chi connectivity index (χ1v) is 19.8. The third kappa shape index (κ3) is 7.97. The molecule has 0 unspecified atom stereocenters. The summed E-state index contributed by atoms with van der Waals surface area (Å²) in [6.45, 7) is 0.940. The molecule has 1 aliphatic rings. The molecule has 0 radical (unpaired) electrons. The van der Waals surface area contributed by atoms with Crippen molar-refractivity contribution in [3.63, 3.8) is 0 Å². The lowest BCUT2D eigenvalue weighted by Crippen LogP contribution is -2.81. The van der Waals surface area contributed by atoms with Crippen LogP contribution in [0.15, 0.2) is 67.0 Å². The molecule has 0 bridgehead atoms. The molecule has 0 N–H and O–H groups in total. The second kappa shape index (κ2) is 18.8. The van der Waals surface area contributed by atoms with Crippen LogP contribution in [0.2, 0.25) is 0 Å². The van der Waals surface area contributed by atoms with E-state index in [-0.39, 0.29) is 0 Å². The Morgan fingerprint density at radius 1 is 0.353 bits per heavy atom. The Morgan fingerprint density at radius 3 is 1.00 bits per heavy atom. The molecule has 1 saturated carbocycles. The minimum atomic E-state index is -7.22. The second-order valence-electron chi connectivity index (χ2n) is 15.6. The smallest absolute Gasteiger partial charge is 0.200 e. The van der Waals surface area contributed by atoms with Crippen molar-refractivity contribution in [1.29, 1.82) is 0 Å². The molecule has 7 aromatic rings. The predicted octanol–water partition coefficient (Wildman–Crippen LogP) is 11.1. The van der Waals surface area contributed by atoms with Gasteiger partial charge in [-0.15, -0.1) is 21.9 Å². The lowest BCUT2D eigenvalue weighted by Gasteiger charge is -2.44. The SMILES string of the molecule is Fc1c(F)c(F)c([B-](c2c(F)c(F)c(F)c(F)c2F)(c2c(F)c(F)c(F)c(F)c2F)c2c(F)c(F)c(F)c(F)c2F)c(F)c1F.c1ccc2c[n+](Cc3ccc(C4CCCCC4)cc3)ccc2c1. The topological polar surface area (TPSA) is 3.88 Å². The van der Waals surface area contributed by atoms with Gasteiger partial charge in [0, 0.05) is 17.0 Å². The van der Waals surface area contributed by atoms with E-state index in [4.69, 9.17) is 0 Å². The highest BCUT2D eigenvalue weighted by Gasteiger charge is 2.52. The van der Waals surface area contributed by atoms with Crippen LogP contribution in [0.3, 0.4) is 0 Å². The molecule has 1 aromatic heterocycles. The Morgan fingerprint density at radius 2 is 0.662 bits per heavy atom. The summed E-state index contributed by atoms with van der Waals surface area (Å²) >= 11 is 0. The minimum absolute atomic E-state index is 0.797. The van der Waals surface area contributed by atoms with Crippen LogP contribution in [-0.2, 0) is 6.54 Å². The van der Waals surface area contributed by atoms with Gasteiger partial charge in [0.25, 0.3) is 0 Å². The maximum Gasteiger partial charge on any atom is 0.200 e. The number of halogens is 20. The normalized spacial score (nSPS) is 13.3. The summed E-state index contributed by atoms with van der Waals surface area (Å²) in [4.78, 5) is 0. The van der Waals surface area contributed by atoms with E-state index in [0.717, 1.165) is 12.5 Å². The largest absolute Gasteiger partial charge is 0.207 e. The summed E-state index contributed by atoms with van der Waals surface area (Å²) in [7, 11) is 0. The van der Waals surface area contributed by atoms with E-state index in [1.54, 1.807) is 0 Å². The van der Waals surface area contributed by atoms with E-state index in [2.05, 4.69) is 71.6 Å². The van der Waals surface area contributed by atoms with Gasteiger partial charge in [0.2, 0.25) is 0 Å². The van der Waals surface area contributed by atoms with Gasteiger partial charge in [0.05, 0.1) is 0 Å². The third-order valence-corrected chi connectivity index (χ3v) is 11.9. The molecule has 0 aliphatic heterocycles. The Labute approximate surface area is 369 Å². The Kier molecular flexibility index (Phi) is 13.6. The summed E-state index contributed by atoms with van der Waals surface area (Å²) < 4.78 is 296. The zero-order chi connectivity index (χ0) is 49.8. The summed E-state index contributed by atoms with van der Waals surface area (Å²) in [5.74, 6) is -70.6. The number of hydrogen-bond donors (Lipinski definition) is 0. The third-order valence-electron chi connectivity index (χ3n) is 11.9. The van der Waals surface area contributed by atoms with Gasteiger partial charge in [-0.1, -0.05) is 61.7 Å². The van der Waals surface area contributed by atoms with Crippen molar-refractivity contribution in [2.45, 2.75) is 44.6 Å². The van der Waals surface area contributed by atoms with Crippen LogP contribution in [0.1, 0.15) is 49.1 Å². The molecule has 0 atom stereocenters. The highest BCUT2D eigenvalue weighted by molar-refractivity contribution is 7.20. The van der Waals surface area contributed by atoms with Gasteiger partial charge >= 0.3 is 0 Å². The van der Waals surface area contributed by atoms with Crippen molar-refractivity contribution >= 4 is 38.8 Å². The minimum Gasteiger partial charge on any atom is -0.207 e. The number of nitrogens with zero attached hydrogens (tertiary/aromatic N) is 1. The first-order chi connectivity index (χ1) is 32.1. The van der Waals surface area contributed by atoms with E-state index >= 15 is 35.1 Å². The number of benzene rings is 6. The van der Waals surface area contributed by atoms with Crippen LogP contribution in [0, 0.1) is 116 Å². The van der Waals surface area contributed by atoms with Crippen LogP contribution < -0.4 is 26.4 Å². The fourth-order valence-electron chi connectivity index (χ4n) is 8.69. The zero-order valence-corrected chi connectivity index (χ0v) is 33.8. The predicted molar refractivity (Wildman–Crippen MR) is 205 cm³/mol. The molecule has 0 spiro atoms. The van der Waals surface area contributed by atoms with Crippen molar-refractivity contribution in [1.82, 2.24) is 0 Å². The molecule has 68 heavy (non-hydrogen) atoms. The Bertz CT molecular complexity index is 2750. The molecule has 0 amide bonds. The molecule has 6 aromatic carbocycles. The van der Waals surface area contributed by atoms with Crippen LogP contribution in [0.25, 0.3) is 10.8 Å². The fraction of sp³-hybridized carbons (Fsp3) is 0.152. The van der Waals surface area contributed by atoms with E-state index < -0.39 is 144 Å². The maximum absolute atomic E-state index is 15.4. The molecule has 1 nitrogen and oxygen atoms in total. The van der Waals surface area contributed by atoms with E-state index in [1.165, 1.54) is 54.0 Å². The Balaban J connectivity index is 0.000000246. The molecular weight excluding hydrogens is 957 g/mol. The first-order valence-electron chi connectivity index (χ1n) is 19.8. The summed E-state index contributed by atoms with van der Waals surface area (Å²) in [5, 5.41) is 2.60.